The van der Waals surface area contributed by atoms with Gasteiger partial charge in [-0.05, 0) is 38.5 Å². The predicted molar refractivity (Wildman–Crippen MR) is 101 cm³/mol. The second kappa shape index (κ2) is 8.01. The summed E-state index contributed by atoms with van der Waals surface area (Å²) < 4.78 is 11.3. The minimum Gasteiger partial charge on any atom is -0.490 e. The Kier molecular flexibility index (Phi) is 5.53. The molecule has 2 aromatic carbocycles. The van der Waals surface area contributed by atoms with Gasteiger partial charge in [-0.25, -0.2) is 4.98 Å². The van der Waals surface area contributed by atoms with Gasteiger partial charge in [0.1, 0.15) is 5.82 Å². The molecular weight excluding hydrogens is 328 g/mol. The lowest BCUT2D eigenvalue weighted by Gasteiger charge is -2.14. The molecule has 0 aliphatic carbocycles. The SMILES string of the molecule is CCOc1ccc([C@@H](N)c2nc(-c3ccc(C)cc3)n[nH]2)cc1OCC. The van der Waals surface area contributed by atoms with Crippen LogP contribution in [0.3, 0.4) is 0 Å². The predicted octanol–water partition coefficient (Wildman–Crippen LogP) is 3.63. The normalized spacial score (nSPS) is 12.0. The molecule has 6 heteroatoms. The zero-order valence-corrected chi connectivity index (χ0v) is 15.3. The number of aromatic amines is 1. The molecule has 3 N–H and O–H groups in total. The van der Waals surface area contributed by atoms with Gasteiger partial charge >= 0.3 is 0 Å². The van der Waals surface area contributed by atoms with Gasteiger partial charge in [0, 0.05) is 5.56 Å². The van der Waals surface area contributed by atoms with Crippen LogP contribution in [0.4, 0.5) is 0 Å². The van der Waals surface area contributed by atoms with E-state index in [1.54, 1.807) is 0 Å². The molecule has 0 radical (unpaired) electrons. The standard InChI is InChI=1S/C20H24N4O2/c1-4-25-16-11-10-15(12-17(16)26-5-2)18(21)20-22-19(23-24-20)14-8-6-13(3)7-9-14/h6-12,18H,4-5,21H2,1-3H3,(H,22,23,24)/t18-/m1/s1. The molecule has 0 unspecified atom stereocenters. The molecular formula is C20H24N4O2. The maximum Gasteiger partial charge on any atom is 0.181 e. The Morgan fingerprint density at radius 2 is 1.69 bits per heavy atom. The van der Waals surface area contributed by atoms with Crippen LogP contribution in [0.25, 0.3) is 11.4 Å². The maximum absolute atomic E-state index is 6.39. The van der Waals surface area contributed by atoms with Crippen LogP contribution >= 0.6 is 0 Å². The minimum absolute atomic E-state index is 0.434. The molecule has 6 nitrogen and oxygen atoms in total. The van der Waals surface area contributed by atoms with Crippen LogP contribution in [-0.2, 0) is 0 Å². The number of hydrogen-bond acceptors (Lipinski definition) is 5. The van der Waals surface area contributed by atoms with E-state index in [0.717, 1.165) is 11.1 Å². The Bertz CT molecular complexity index is 859. The van der Waals surface area contributed by atoms with Crippen molar-refractivity contribution in [3.05, 3.63) is 59.4 Å². The summed E-state index contributed by atoms with van der Waals surface area (Å²) in [7, 11) is 0. The molecule has 0 aliphatic heterocycles. The van der Waals surface area contributed by atoms with Gasteiger partial charge in [0.05, 0.1) is 19.3 Å². The Morgan fingerprint density at radius 1 is 1.00 bits per heavy atom. The molecule has 0 amide bonds. The summed E-state index contributed by atoms with van der Waals surface area (Å²) in [6.07, 6.45) is 0. The summed E-state index contributed by atoms with van der Waals surface area (Å²) in [5, 5.41) is 7.25. The fraction of sp³-hybridized carbons (Fsp3) is 0.300. The lowest BCUT2D eigenvalue weighted by Crippen LogP contribution is -2.14. The highest BCUT2D eigenvalue weighted by atomic mass is 16.5. The number of nitrogens with zero attached hydrogens (tertiary/aromatic N) is 2. The van der Waals surface area contributed by atoms with E-state index in [1.807, 2.05) is 63.2 Å². The van der Waals surface area contributed by atoms with Crippen molar-refractivity contribution in [3.8, 4) is 22.9 Å². The molecule has 3 aromatic rings. The van der Waals surface area contributed by atoms with Crippen molar-refractivity contribution in [1.29, 1.82) is 0 Å². The van der Waals surface area contributed by atoms with Gasteiger partial charge in [-0.15, -0.1) is 0 Å². The molecule has 0 fully saturated rings. The van der Waals surface area contributed by atoms with Crippen LogP contribution in [0.15, 0.2) is 42.5 Å². The van der Waals surface area contributed by atoms with Crippen LogP contribution < -0.4 is 15.2 Å². The van der Waals surface area contributed by atoms with Crippen LogP contribution in [0.1, 0.15) is 36.8 Å². The van der Waals surface area contributed by atoms with Crippen molar-refractivity contribution < 1.29 is 9.47 Å². The van der Waals surface area contributed by atoms with Crippen LogP contribution in [-0.4, -0.2) is 28.4 Å². The van der Waals surface area contributed by atoms with Crippen molar-refractivity contribution in [1.82, 2.24) is 15.2 Å². The number of aryl methyl sites for hydroxylation is 1. The van der Waals surface area contributed by atoms with E-state index in [1.165, 1.54) is 5.56 Å². The molecule has 1 atom stereocenters. The summed E-state index contributed by atoms with van der Waals surface area (Å²) in [6, 6.07) is 13.3. The van der Waals surface area contributed by atoms with E-state index in [2.05, 4.69) is 15.2 Å². The quantitative estimate of drug-likeness (QED) is 0.678. The second-order valence-electron chi connectivity index (χ2n) is 5.96. The molecule has 0 bridgehead atoms. The third-order valence-electron chi connectivity index (χ3n) is 4.03. The highest BCUT2D eigenvalue weighted by Gasteiger charge is 2.17. The zero-order chi connectivity index (χ0) is 18.5. The van der Waals surface area contributed by atoms with Crippen molar-refractivity contribution in [3.63, 3.8) is 0 Å². The first-order chi connectivity index (χ1) is 12.6. The number of H-pyrrole nitrogens is 1. The number of ether oxygens (including phenoxy) is 2. The number of nitrogens with one attached hydrogen (secondary N) is 1. The monoisotopic (exact) mass is 352 g/mol. The first-order valence-electron chi connectivity index (χ1n) is 8.76. The third kappa shape index (κ3) is 3.86. The summed E-state index contributed by atoms with van der Waals surface area (Å²) >= 11 is 0. The molecule has 0 saturated carbocycles. The lowest BCUT2D eigenvalue weighted by molar-refractivity contribution is 0.287. The van der Waals surface area contributed by atoms with Crippen molar-refractivity contribution >= 4 is 0 Å². The van der Waals surface area contributed by atoms with E-state index >= 15 is 0 Å². The van der Waals surface area contributed by atoms with Gasteiger partial charge in [0.2, 0.25) is 0 Å². The summed E-state index contributed by atoms with van der Waals surface area (Å²) in [4.78, 5) is 4.56. The number of hydrogen-bond donors (Lipinski definition) is 2. The lowest BCUT2D eigenvalue weighted by atomic mass is 10.1. The Balaban J connectivity index is 1.86. The molecule has 3 rings (SSSR count). The van der Waals surface area contributed by atoms with Crippen molar-refractivity contribution in [2.45, 2.75) is 26.8 Å². The molecule has 26 heavy (non-hydrogen) atoms. The summed E-state index contributed by atoms with van der Waals surface area (Å²) in [6.45, 7) is 7.06. The highest BCUT2D eigenvalue weighted by molar-refractivity contribution is 5.55. The Morgan fingerprint density at radius 3 is 2.38 bits per heavy atom. The largest absolute Gasteiger partial charge is 0.490 e. The van der Waals surface area contributed by atoms with Gasteiger partial charge in [0.15, 0.2) is 17.3 Å². The fourth-order valence-electron chi connectivity index (χ4n) is 2.66. The van der Waals surface area contributed by atoms with E-state index in [4.69, 9.17) is 15.2 Å². The Hall–Kier alpha value is -2.86. The third-order valence-corrected chi connectivity index (χ3v) is 4.03. The van der Waals surface area contributed by atoms with Crippen molar-refractivity contribution in [2.75, 3.05) is 13.2 Å². The van der Waals surface area contributed by atoms with Crippen LogP contribution in [0.5, 0.6) is 11.5 Å². The zero-order valence-electron chi connectivity index (χ0n) is 15.3. The van der Waals surface area contributed by atoms with Crippen LogP contribution in [0.2, 0.25) is 0 Å². The first kappa shape index (κ1) is 17.9. The maximum atomic E-state index is 6.39. The Labute approximate surface area is 153 Å². The molecule has 1 aromatic heterocycles. The number of nitrogens with two attached hydrogens (primary N) is 1. The molecule has 0 saturated heterocycles. The average Bonchev–Trinajstić information content (AvgIpc) is 3.13. The molecule has 1 heterocycles. The van der Waals surface area contributed by atoms with Gasteiger partial charge in [0.25, 0.3) is 0 Å². The van der Waals surface area contributed by atoms with Gasteiger partial charge in [-0.2, -0.15) is 5.10 Å². The molecule has 0 aliphatic rings. The van der Waals surface area contributed by atoms with Crippen molar-refractivity contribution in [2.24, 2.45) is 5.73 Å². The van der Waals surface area contributed by atoms with E-state index in [0.29, 0.717) is 36.4 Å². The molecule has 136 valence electrons. The van der Waals surface area contributed by atoms with E-state index < -0.39 is 6.04 Å². The van der Waals surface area contributed by atoms with Crippen LogP contribution in [0, 0.1) is 6.92 Å². The average molecular weight is 352 g/mol. The van der Waals surface area contributed by atoms with Gasteiger partial charge in [-0.1, -0.05) is 35.9 Å². The first-order valence-corrected chi connectivity index (χ1v) is 8.76. The summed E-state index contributed by atoms with van der Waals surface area (Å²) in [5.41, 5.74) is 9.41. The second-order valence-corrected chi connectivity index (χ2v) is 5.96. The van der Waals surface area contributed by atoms with Gasteiger partial charge in [-0.3, -0.25) is 5.10 Å². The summed E-state index contributed by atoms with van der Waals surface area (Å²) in [5.74, 6) is 2.63. The van der Waals surface area contributed by atoms with Gasteiger partial charge < -0.3 is 15.2 Å². The smallest absolute Gasteiger partial charge is 0.181 e. The topological polar surface area (TPSA) is 86.0 Å². The highest BCUT2D eigenvalue weighted by Crippen LogP contribution is 2.31. The minimum atomic E-state index is -0.434. The fourth-order valence-corrected chi connectivity index (χ4v) is 2.66. The molecule has 0 spiro atoms. The number of benzene rings is 2. The van der Waals surface area contributed by atoms with E-state index in [9.17, 15) is 0 Å². The van der Waals surface area contributed by atoms with E-state index in [-0.39, 0.29) is 0 Å². The number of aromatic nitrogens is 3. The number of rotatable bonds is 7.